The molecule has 2 heterocycles. The summed E-state index contributed by atoms with van der Waals surface area (Å²) in [6.07, 6.45) is 0.743. The number of aromatic nitrogens is 4. The van der Waals surface area contributed by atoms with Crippen molar-refractivity contribution in [1.29, 1.82) is 0 Å². The first kappa shape index (κ1) is 13.6. The van der Waals surface area contributed by atoms with E-state index in [0.29, 0.717) is 11.5 Å². The second-order valence-corrected chi connectivity index (χ2v) is 5.40. The molecule has 114 valence electrons. The van der Waals surface area contributed by atoms with Crippen LogP contribution in [0.5, 0.6) is 0 Å². The van der Waals surface area contributed by atoms with E-state index in [0.717, 1.165) is 28.7 Å². The molecule has 0 radical (unpaired) electrons. The van der Waals surface area contributed by atoms with Gasteiger partial charge in [0, 0.05) is 5.69 Å². The molecule has 2 aromatic carbocycles. The summed E-state index contributed by atoms with van der Waals surface area (Å²) in [5.41, 5.74) is 4.18. The van der Waals surface area contributed by atoms with Gasteiger partial charge in [0.25, 0.3) is 5.56 Å². The number of rotatable bonds is 3. The smallest absolute Gasteiger partial charge is 0.281 e. The number of fused-ring (bicyclic) bond motifs is 1. The molecular weight excluding hydrogens is 288 g/mol. The summed E-state index contributed by atoms with van der Waals surface area (Å²) in [6.45, 7) is 2.03. The first-order valence-corrected chi connectivity index (χ1v) is 7.62. The molecular formula is C18H16N4O. The van der Waals surface area contributed by atoms with Gasteiger partial charge >= 0.3 is 0 Å². The largest absolute Gasteiger partial charge is 0.322 e. The second-order valence-electron chi connectivity index (χ2n) is 5.40. The van der Waals surface area contributed by atoms with Gasteiger partial charge in [0.05, 0.1) is 16.6 Å². The van der Waals surface area contributed by atoms with Crippen molar-refractivity contribution < 1.29 is 0 Å². The molecule has 0 saturated heterocycles. The molecule has 2 N–H and O–H groups in total. The minimum Gasteiger partial charge on any atom is -0.322 e. The number of imidazole rings is 1. The molecule has 5 nitrogen and oxygen atoms in total. The Hall–Kier alpha value is -3.08. The monoisotopic (exact) mass is 304 g/mol. The molecule has 23 heavy (non-hydrogen) atoms. The van der Waals surface area contributed by atoms with E-state index >= 15 is 0 Å². The number of aromatic amines is 2. The van der Waals surface area contributed by atoms with Crippen molar-refractivity contribution in [3.63, 3.8) is 0 Å². The zero-order valence-electron chi connectivity index (χ0n) is 12.7. The molecule has 4 aromatic rings. The van der Waals surface area contributed by atoms with Gasteiger partial charge in [-0.05, 0) is 24.1 Å². The predicted molar refractivity (Wildman–Crippen MR) is 90.9 cm³/mol. The van der Waals surface area contributed by atoms with Crippen LogP contribution >= 0.6 is 0 Å². The highest BCUT2D eigenvalue weighted by Gasteiger charge is 2.17. The molecule has 0 atom stereocenters. The molecule has 2 aromatic heterocycles. The lowest BCUT2D eigenvalue weighted by molar-refractivity contribution is 0.780. The van der Waals surface area contributed by atoms with Gasteiger partial charge in [0.15, 0.2) is 0 Å². The Balaban J connectivity index is 1.93. The van der Waals surface area contributed by atoms with Crippen molar-refractivity contribution in [2.75, 3.05) is 0 Å². The van der Waals surface area contributed by atoms with Crippen molar-refractivity contribution in [3.8, 4) is 17.1 Å². The molecule has 0 amide bonds. The predicted octanol–water partition coefficient (Wildman–Crippen LogP) is 3.27. The summed E-state index contributed by atoms with van der Waals surface area (Å²) < 4.78 is 1.49. The summed E-state index contributed by atoms with van der Waals surface area (Å²) >= 11 is 0. The van der Waals surface area contributed by atoms with E-state index in [4.69, 9.17) is 0 Å². The number of benzene rings is 2. The minimum atomic E-state index is -0.0906. The van der Waals surface area contributed by atoms with Crippen LogP contribution in [0.1, 0.15) is 12.6 Å². The van der Waals surface area contributed by atoms with E-state index in [-0.39, 0.29) is 5.56 Å². The first-order valence-electron chi connectivity index (χ1n) is 7.62. The highest BCUT2D eigenvalue weighted by molar-refractivity contribution is 5.76. The molecule has 0 saturated carbocycles. The molecule has 4 rings (SSSR count). The quantitative estimate of drug-likeness (QED) is 0.610. The Bertz CT molecular complexity index is 991. The van der Waals surface area contributed by atoms with Gasteiger partial charge in [-0.1, -0.05) is 49.4 Å². The van der Waals surface area contributed by atoms with Crippen molar-refractivity contribution in [1.82, 2.24) is 19.7 Å². The molecule has 0 aliphatic rings. The lowest BCUT2D eigenvalue weighted by Crippen LogP contribution is -2.16. The number of hydrogen-bond acceptors (Lipinski definition) is 2. The van der Waals surface area contributed by atoms with Crippen molar-refractivity contribution in [2.24, 2.45) is 0 Å². The standard InChI is InChI=1S/C18H16N4O/c1-2-13-16(12-8-4-3-5-9-12)17(23)22(21-13)18-19-14-10-6-7-11-15(14)20-18/h3-11,21H,2H2,1H3,(H,19,20). The van der Waals surface area contributed by atoms with Gasteiger partial charge in [-0.15, -0.1) is 0 Å². The molecule has 0 aliphatic heterocycles. The van der Waals surface area contributed by atoms with Crippen molar-refractivity contribution in [2.45, 2.75) is 13.3 Å². The van der Waals surface area contributed by atoms with E-state index < -0.39 is 0 Å². The fourth-order valence-corrected chi connectivity index (χ4v) is 2.84. The zero-order valence-corrected chi connectivity index (χ0v) is 12.7. The van der Waals surface area contributed by atoms with Crippen LogP contribution in [0.3, 0.4) is 0 Å². The summed E-state index contributed by atoms with van der Waals surface area (Å²) in [4.78, 5) is 20.6. The van der Waals surface area contributed by atoms with E-state index in [1.54, 1.807) is 0 Å². The van der Waals surface area contributed by atoms with Crippen LogP contribution in [0.25, 0.3) is 28.1 Å². The van der Waals surface area contributed by atoms with E-state index in [2.05, 4.69) is 15.1 Å². The molecule has 0 aliphatic carbocycles. The highest BCUT2D eigenvalue weighted by atomic mass is 16.1. The summed E-state index contributed by atoms with van der Waals surface area (Å²) in [6, 6.07) is 17.4. The lowest BCUT2D eigenvalue weighted by Gasteiger charge is -1.98. The normalized spacial score (nSPS) is 11.2. The average Bonchev–Trinajstić information content (AvgIpc) is 3.16. The fourth-order valence-electron chi connectivity index (χ4n) is 2.84. The lowest BCUT2D eigenvalue weighted by atomic mass is 10.1. The average molecular weight is 304 g/mol. The topological polar surface area (TPSA) is 66.5 Å². The summed E-state index contributed by atoms with van der Waals surface area (Å²) in [5.74, 6) is 0.507. The number of nitrogens with zero attached hydrogens (tertiary/aromatic N) is 2. The molecule has 5 heteroatoms. The Labute approximate surface area is 132 Å². The third kappa shape index (κ3) is 2.17. The SMILES string of the molecule is CCc1[nH]n(-c2nc3ccccc3[nH]2)c(=O)c1-c1ccccc1. The first-order chi connectivity index (χ1) is 11.3. The fraction of sp³-hybridized carbons (Fsp3) is 0.111. The summed E-state index contributed by atoms with van der Waals surface area (Å²) in [7, 11) is 0. The van der Waals surface area contributed by atoms with Gasteiger partial charge in [-0.3, -0.25) is 9.89 Å². The van der Waals surface area contributed by atoms with Gasteiger partial charge in [0.2, 0.25) is 5.95 Å². The molecule has 0 fully saturated rings. The van der Waals surface area contributed by atoms with Gasteiger partial charge in [0.1, 0.15) is 0 Å². The third-order valence-electron chi connectivity index (χ3n) is 3.97. The maximum atomic E-state index is 12.9. The molecule has 0 spiro atoms. The number of aryl methyl sites for hydroxylation is 1. The van der Waals surface area contributed by atoms with Crippen LogP contribution < -0.4 is 5.56 Å². The van der Waals surface area contributed by atoms with Crippen LogP contribution in [0, 0.1) is 0 Å². The van der Waals surface area contributed by atoms with Crippen LogP contribution in [0.4, 0.5) is 0 Å². The van der Waals surface area contributed by atoms with Gasteiger partial charge < -0.3 is 4.98 Å². The van der Waals surface area contributed by atoms with Gasteiger partial charge in [-0.2, -0.15) is 4.68 Å². The highest BCUT2D eigenvalue weighted by Crippen LogP contribution is 2.20. The van der Waals surface area contributed by atoms with Crippen LogP contribution in [0.2, 0.25) is 0 Å². The van der Waals surface area contributed by atoms with E-state index in [9.17, 15) is 4.79 Å². The third-order valence-corrected chi connectivity index (χ3v) is 3.97. The van der Waals surface area contributed by atoms with Crippen molar-refractivity contribution in [3.05, 3.63) is 70.6 Å². The molecule has 0 unspecified atom stereocenters. The maximum absolute atomic E-state index is 12.9. The maximum Gasteiger partial charge on any atom is 0.281 e. The number of hydrogen-bond donors (Lipinski definition) is 2. The number of para-hydroxylation sites is 2. The van der Waals surface area contributed by atoms with Crippen molar-refractivity contribution >= 4 is 11.0 Å². The number of H-pyrrole nitrogens is 2. The Kier molecular flexibility index (Phi) is 3.12. The van der Waals surface area contributed by atoms with E-state index in [1.165, 1.54) is 4.68 Å². The number of nitrogens with one attached hydrogen (secondary N) is 2. The Morgan fingerprint density at radius 3 is 2.52 bits per heavy atom. The second kappa shape index (κ2) is 5.28. The molecule has 0 bridgehead atoms. The Morgan fingerprint density at radius 2 is 1.78 bits per heavy atom. The summed E-state index contributed by atoms with van der Waals surface area (Å²) in [5, 5.41) is 3.19. The van der Waals surface area contributed by atoms with Crippen LogP contribution in [0.15, 0.2) is 59.4 Å². The van der Waals surface area contributed by atoms with E-state index in [1.807, 2.05) is 61.5 Å². The minimum absolute atomic E-state index is 0.0906. The van der Waals surface area contributed by atoms with Gasteiger partial charge in [-0.25, -0.2) is 4.98 Å². The van der Waals surface area contributed by atoms with Crippen LogP contribution in [-0.4, -0.2) is 19.7 Å². The zero-order chi connectivity index (χ0) is 15.8. The Morgan fingerprint density at radius 1 is 1.04 bits per heavy atom. The van der Waals surface area contributed by atoms with Crippen LogP contribution in [-0.2, 0) is 6.42 Å².